The van der Waals surface area contributed by atoms with Gasteiger partial charge in [-0.15, -0.1) is 0 Å². The van der Waals surface area contributed by atoms with Crippen LogP contribution in [-0.4, -0.2) is 27.4 Å². The van der Waals surface area contributed by atoms with Crippen LogP contribution in [0.5, 0.6) is 0 Å². The molecule has 0 aromatic heterocycles. The molecule has 0 saturated carbocycles. The fourth-order valence-electron chi connectivity index (χ4n) is 1.89. The number of hydrogen-bond donors (Lipinski definition) is 3. The SMILES string of the molecule is NCCCCCC(=O)NCCc1ccc(S(N)(=O)=O)cc1. The molecule has 118 valence electrons. The van der Waals surface area contributed by atoms with Crippen LogP contribution in [0.2, 0.25) is 0 Å². The molecule has 1 aromatic rings. The molecule has 0 aliphatic carbocycles. The van der Waals surface area contributed by atoms with E-state index in [9.17, 15) is 13.2 Å². The molecule has 0 aliphatic rings. The summed E-state index contributed by atoms with van der Waals surface area (Å²) in [6.07, 6.45) is 3.94. The molecule has 0 aliphatic heterocycles. The minimum atomic E-state index is -3.65. The van der Waals surface area contributed by atoms with Gasteiger partial charge in [0, 0.05) is 13.0 Å². The Morgan fingerprint density at radius 2 is 1.76 bits per heavy atom. The molecular formula is C14H23N3O3S. The van der Waals surface area contributed by atoms with Crippen LogP contribution >= 0.6 is 0 Å². The van der Waals surface area contributed by atoms with E-state index >= 15 is 0 Å². The maximum atomic E-state index is 11.5. The second-order valence-corrected chi connectivity index (χ2v) is 6.45. The van der Waals surface area contributed by atoms with Crippen molar-refractivity contribution in [3.63, 3.8) is 0 Å². The molecule has 0 fully saturated rings. The molecular weight excluding hydrogens is 290 g/mol. The molecule has 6 nitrogen and oxygen atoms in total. The van der Waals surface area contributed by atoms with E-state index in [4.69, 9.17) is 10.9 Å². The predicted molar refractivity (Wildman–Crippen MR) is 82.1 cm³/mol. The van der Waals surface area contributed by atoms with E-state index < -0.39 is 10.0 Å². The molecule has 0 spiro atoms. The molecule has 5 N–H and O–H groups in total. The van der Waals surface area contributed by atoms with Crippen molar-refractivity contribution in [3.8, 4) is 0 Å². The lowest BCUT2D eigenvalue weighted by molar-refractivity contribution is -0.121. The molecule has 7 heteroatoms. The molecule has 1 aromatic carbocycles. The van der Waals surface area contributed by atoms with Gasteiger partial charge in [-0.25, -0.2) is 13.6 Å². The summed E-state index contributed by atoms with van der Waals surface area (Å²) in [7, 11) is -3.65. The number of primary sulfonamides is 1. The zero-order chi connectivity index (χ0) is 15.7. The van der Waals surface area contributed by atoms with Crippen molar-refractivity contribution in [2.24, 2.45) is 10.9 Å². The molecule has 1 rings (SSSR count). The highest BCUT2D eigenvalue weighted by molar-refractivity contribution is 7.89. The molecule has 0 saturated heterocycles. The number of nitrogens with one attached hydrogen (secondary N) is 1. The van der Waals surface area contributed by atoms with Gasteiger partial charge < -0.3 is 11.1 Å². The van der Waals surface area contributed by atoms with Gasteiger partial charge in [0.05, 0.1) is 4.90 Å². The maximum Gasteiger partial charge on any atom is 0.238 e. The minimum Gasteiger partial charge on any atom is -0.356 e. The summed E-state index contributed by atoms with van der Waals surface area (Å²) < 4.78 is 22.2. The fraction of sp³-hybridized carbons (Fsp3) is 0.500. The third kappa shape index (κ3) is 7.22. The average Bonchev–Trinajstić information content (AvgIpc) is 2.43. The standard InChI is InChI=1S/C14H23N3O3S/c15-10-3-1-2-4-14(18)17-11-9-12-5-7-13(8-6-12)21(16,19)20/h5-8H,1-4,9-11,15H2,(H,17,18)(H2,16,19,20). The number of sulfonamides is 1. The van der Waals surface area contributed by atoms with Crippen LogP contribution in [0.3, 0.4) is 0 Å². The summed E-state index contributed by atoms with van der Waals surface area (Å²) in [6.45, 7) is 1.20. The Balaban J connectivity index is 2.28. The Hall–Kier alpha value is -1.44. The van der Waals surface area contributed by atoms with E-state index in [1.54, 1.807) is 12.1 Å². The van der Waals surface area contributed by atoms with E-state index in [2.05, 4.69) is 5.32 Å². The van der Waals surface area contributed by atoms with E-state index in [-0.39, 0.29) is 10.8 Å². The first-order chi connectivity index (χ1) is 9.93. The van der Waals surface area contributed by atoms with Crippen LogP contribution in [-0.2, 0) is 21.2 Å². The summed E-state index contributed by atoms with van der Waals surface area (Å²) in [5.41, 5.74) is 6.33. The van der Waals surface area contributed by atoms with Crippen LogP contribution < -0.4 is 16.2 Å². The van der Waals surface area contributed by atoms with Crippen molar-refractivity contribution in [2.75, 3.05) is 13.1 Å². The van der Waals surface area contributed by atoms with E-state index in [0.717, 1.165) is 24.8 Å². The van der Waals surface area contributed by atoms with Gasteiger partial charge in [-0.3, -0.25) is 4.79 Å². The molecule has 21 heavy (non-hydrogen) atoms. The van der Waals surface area contributed by atoms with Crippen LogP contribution in [0.1, 0.15) is 31.2 Å². The number of amides is 1. The number of unbranched alkanes of at least 4 members (excludes halogenated alkanes) is 2. The van der Waals surface area contributed by atoms with Crippen molar-refractivity contribution in [3.05, 3.63) is 29.8 Å². The summed E-state index contributed by atoms with van der Waals surface area (Å²) in [6, 6.07) is 6.35. The van der Waals surface area contributed by atoms with Crippen LogP contribution in [0, 0.1) is 0 Å². The van der Waals surface area contributed by atoms with Crippen LogP contribution in [0.4, 0.5) is 0 Å². The smallest absolute Gasteiger partial charge is 0.238 e. The van der Waals surface area contributed by atoms with Crippen molar-refractivity contribution in [1.82, 2.24) is 5.32 Å². The normalized spacial score (nSPS) is 11.3. The minimum absolute atomic E-state index is 0.0353. The molecule has 0 unspecified atom stereocenters. The zero-order valence-electron chi connectivity index (χ0n) is 12.0. The van der Waals surface area contributed by atoms with E-state index in [1.807, 2.05) is 0 Å². The maximum absolute atomic E-state index is 11.5. The Morgan fingerprint density at radius 3 is 2.33 bits per heavy atom. The topological polar surface area (TPSA) is 115 Å². The molecule has 0 bridgehead atoms. The Kier molecular flexibility index (Phi) is 7.35. The highest BCUT2D eigenvalue weighted by Crippen LogP contribution is 2.09. The summed E-state index contributed by atoms with van der Waals surface area (Å²) in [5.74, 6) is 0.0353. The molecule has 0 atom stereocenters. The largest absolute Gasteiger partial charge is 0.356 e. The molecule has 1 amide bonds. The number of carbonyl (C=O) groups is 1. The van der Waals surface area contributed by atoms with Gasteiger partial charge in [0.1, 0.15) is 0 Å². The van der Waals surface area contributed by atoms with Gasteiger partial charge in [-0.2, -0.15) is 0 Å². The van der Waals surface area contributed by atoms with Crippen molar-refractivity contribution in [2.45, 2.75) is 37.0 Å². The Labute approximate surface area is 126 Å². The highest BCUT2D eigenvalue weighted by Gasteiger charge is 2.06. The van der Waals surface area contributed by atoms with Crippen LogP contribution in [0.15, 0.2) is 29.2 Å². The fourth-order valence-corrected chi connectivity index (χ4v) is 2.40. The first-order valence-electron chi connectivity index (χ1n) is 7.02. The van der Waals surface area contributed by atoms with Gasteiger partial charge in [0.2, 0.25) is 15.9 Å². The second kappa shape index (κ2) is 8.76. The first-order valence-corrected chi connectivity index (χ1v) is 8.56. The number of hydrogen-bond acceptors (Lipinski definition) is 4. The summed E-state index contributed by atoms with van der Waals surface area (Å²) in [5, 5.41) is 7.86. The van der Waals surface area contributed by atoms with Gasteiger partial charge in [0.15, 0.2) is 0 Å². The number of carbonyl (C=O) groups excluding carboxylic acids is 1. The lowest BCUT2D eigenvalue weighted by atomic mass is 10.1. The van der Waals surface area contributed by atoms with Gasteiger partial charge >= 0.3 is 0 Å². The van der Waals surface area contributed by atoms with Gasteiger partial charge in [-0.1, -0.05) is 18.6 Å². The lowest BCUT2D eigenvalue weighted by Crippen LogP contribution is -2.25. The van der Waals surface area contributed by atoms with Gasteiger partial charge in [-0.05, 0) is 43.5 Å². The summed E-state index contributed by atoms with van der Waals surface area (Å²) >= 11 is 0. The van der Waals surface area contributed by atoms with E-state index in [1.165, 1.54) is 12.1 Å². The number of rotatable bonds is 9. The van der Waals surface area contributed by atoms with Crippen LogP contribution in [0.25, 0.3) is 0 Å². The predicted octanol–water partition coefficient (Wildman–Crippen LogP) is 0.512. The third-order valence-electron chi connectivity index (χ3n) is 3.10. The quantitative estimate of drug-likeness (QED) is 0.576. The van der Waals surface area contributed by atoms with Crippen molar-refractivity contribution in [1.29, 1.82) is 0 Å². The third-order valence-corrected chi connectivity index (χ3v) is 4.02. The average molecular weight is 313 g/mol. The van der Waals surface area contributed by atoms with Crippen molar-refractivity contribution >= 4 is 15.9 Å². The number of benzene rings is 1. The van der Waals surface area contributed by atoms with Gasteiger partial charge in [0.25, 0.3) is 0 Å². The zero-order valence-corrected chi connectivity index (χ0v) is 12.9. The first kappa shape index (κ1) is 17.6. The Morgan fingerprint density at radius 1 is 1.10 bits per heavy atom. The second-order valence-electron chi connectivity index (χ2n) is 4.89. The Bertz CT molecular complexity index is 541. The molecule has 0 heterocycles. The van der Waals surface area contributed by atoms with E-state index in [0.29, 0.717) is 25.9 Å². The lowest BCUT2D eigenvalue weighted by Gasteiger charge is -2.06. The monoisotopic (exact) mass is 313 g/mol. The number of nitrogens with two attached hydrogens (primary N) is 2. The van der Waals surface area contributed by atoms with Crippen molar-refractivity contribution < 1.29 is 13.2 Å². The summed E-state index contributed by atoms with van der Waals surface area (Å²) in [4.78, 5) is 11.6. The highest BCUT2D eigenvalue weighted by atomic mass is 32.2. The molecule has 0 radical (unpaired) electrons.